The first-order valence-corrected chi connectivity index (χ1v) is 7.46. The highest BCUT2D eigenvalue weighted by Crippen LogP contribution is 2.23. The van der Waals surface area contributed by atoms with Gasteiger partial charge in [0.25, 0.3) is 0 Å². The lowest BCUT2D eigenvalue weighted by Gasteiger charge is -2.05. The molecule has 22 heavy (non-hydrogen) atoms. The van der Waals surface area contributed by atoms with E-state index >= 15 is 0 Å². The van der Waals surface area contributed by atoms with E-state index in [1.54, 1.807) is 0 Å². The molecule has 0 saturated carbocycles. The Labute approximate surface area is 148 Å². The molecule has 0 fully saturated rings. The minimum atomic E-state index is 0. The van der Waals surface area contributed by atoms with Gasteiger partial charge >= 0.3 is 0 Å². The molecule has 2 heterocycles. The van der Waals surface area contributed by atoms with E-state index in [1.165, 1.54) is 5.69 Å². The Morgan fingerprint density at radius 2 is 1.86 bits per heavy atom. The van der Waals surface area contributed by atoms with Crippen molar-refractivity contribution in [2.75, 3.05) is 6.61 Å². The second-order valence-corrected chi connectivity index (χ2v) is 5.25. The van der Waals surface area contributed by atoms with Crippen molar-refractivity contribution in [3.63, 3.8) is 0 Å². The van der Waals surface area contributed by atoms with Crippen LogP contribution in [-0.4, -0.2) is 16.0 Å². The maximum atomic E-state index is 5.69. The Morgan fingerprint density at radius 1 is 1.09 bits per heavy atom. The highest BCUT2D eigenvalue weighted by molar-refractivity contribution is 14.0. The van der Waals surface area contributed by atoms with Gasteiger partial charge in [-0.25, -0.2) is 4.98 Å². The molecule has 0 unspecified atom stereocenters. The van der Waals surface area contributed by atoms with Crippen LogP contribution in [0, 0.1) is 6.92 Å². The van der Waals surface area contributed by atoms with E-state index in [0.717, 1.165) is 42.1 Å². The van der Waals surface area contributed by atoms with Crippen LogP contribution in [0.15, 0.2) is 48.7 Å². The highest BCUT2D eigenvalue weighted by atomic mass is 127. The van der Waals surface area contributed by atoms with Gasteiger partial charge in [-0.15, -0.1) is 24.0 Å². The fourth-order valence-corrected chi connectivity index (χ4v) is 2.34. The maximum absolute atomic E-state index is 5.69. The molecule has 116 valence electrons. The van der Waals surface area contributed by atoms with Crippen LogP contribution >= 0.6 is 24.0 Å². The fourth-order valence-electron chi connectivity index (χ4n) is 2.34. The van der Waals surface area contributed by atoms with Crippen molar-refractivity contribution in [2.24, 2.45) is 0 Å². The van der Waals surface area contributed by atoms with Gasteiger partial charge in [0.2, 0.25) is 0 Å². The van der Waals surface area contributed by atoms with Crippen LogP contribution in [0.25, 0.3) is 16.9 Å². The second kappa shape index (κ2) is 7.63. The zero-order valence-electron chi connectivity index (χ0n) is 13.0. The molecule has 3 rings (SSSR count). The number of aromatic nitrogens is 2. The monoisotopic (exact) mass is 408 g/mol. The number of fused-ring (bicyclic) bond motifs is 1. The first-order valence-electron chi connectivity index (χ1n) is 7.46. The maximum Gasteiger partial charge on any atom is 0.137 e. The normalized spacial score (nSPS) is 10.5. The van der Waals surface area contributed by atoms with Gasteiger partial charge in [0.15, 0.2) is 0 Å². The first-order chi connectivity index (χ1) is 10.3. The molecule has 3 aromatic rings. The first kappa shape index (κ1) is 16.8. The van der Waals surface area contributed by atoms with Crippen LogP contribution in [0.5, 0.6) is 5.75 Å². The van der Waals surface area contributed by atoms with Gasteiger partial charge in [0, 0.05) is 17.5 Å². The van der Waals surface area contributed by atoms with E-state index in [1.807, 2.05) is 24.3 Å². The second-order valence-electron chi connectivity index (χ2n) is 5.25. The van der Waals surface area contributed by atoms with Gasteiger partial charge < -0.3 is 9.14 Å². The molecule has 0 spiro atoms. The molecule has 0 saturated heterocycles. The number of unbranched alkanes of at least 4 members (excludes halogenated alkanes) is 1. The molecule has 0 amide bonds. The summed E-state index contributed by atoms with van der Waals surface area (Å²) in [4.78, 5) is 4.67. The average molecular weight is 408 g/mol. The summed E-state index contributed by atoms with van der Waals surface area (Å²) in [6, 6.07) is 14.3. The predicted molar refractivity (Wildman–Crippen MR) is 101 cm³/mol. The van der Waals surface area contributed by atoms with E-state index in [-0.39, 0.29) is 24.0 Å². The number of nitrogens with zero attached hydrogens (tertiary/aromatic N) is 2. The molecular formula is C18H21IN2O. The average Bonchev–Trinajstić information content (AvgIpc) is 2.94. The summed E-state index contributed by atoms with van der Waals surface area (Å²) < 4.78 is 7.80. The van der Waals surface area contributed by atoms with Crippen LogP contribution in [0.2, 0.25) is 0 Å². The standard InChI is InChI=1S/C18H20N2O.HI/c1-3-4-12-21-16-10-8-15(9-11-16)17-13-20-14(2)6-5-7-18(20)19-17;/h5-11,13H,3-4,12H2,1-2H3;1H. The van der Waals surface area contributed by atoms with E-state index < -0.39 is 0 Å². The number of ether oxygens (including phenoxy) is 1. The Bertz CT molecular complexity index is 734. The third-order valence-electron chi connectivity index (χ3n) is 3.61. The van der Waals surface area contributed by atoms with Gasteiger partial charge in [-0.05, 0) is 49.7 Å². The number of hydrogen-bond acceptors (Lipinski definition) is 2. The van der Waals surface area contributed by atoms with Crippen molar-refractivity contribution < 1.29 is 4.74 Å². The van der Waals surface area contributed by atoms with Crippen molar-refractivity contribution in [3.8, 4) is 17.0 Å². The molecule has 0 aliphatic heterocycles. The molecule has 0 N–H and O–H groups in total. The predicted octanol–water partition coefficient (Wildman–Crippen LogP) is 5.11. The van der Waals surface area contributed by atoms with E-state index in [2.05, 4.69) is 47.6 Å². The number of aryl methyl sites for hydroxylation is 1. The Kier molecular flexibility index (Phi) is 5.83. The molecular weight excluding hydrogens is 387 g/mol. The van der Waals surface area contributed by atoms with Gasteiger partial charge in [-0.1, -0.05) is 19.4 Å². The highest BCUT2D eigenvalue weighted by Gasteiger charge is 2.05. The Morgan fingerprint density at radius 3 is 2.55 bits per heavy atom. The number of benzene rings is 1. The summed E-state index contributed by atoms with van der Waals surface area (Å²) in [6.07, 6.45) is 4.32. The smallest absolute Gasteiger partial charge is 0.137 e. The quantitative estimate of drug-likeness (QED) is 0.434. The number of rotatable bonds is 5. The van der Waals surface area contributed by atoms with Gasteiger partial charge in [-0.2, -0.15) is 0 Å². The van der Waals surface area contributed by atoms with E-state index in [9.17, 15) is 0 Å². The van der Waals surface area contributed by atoms with Crippen LogP contribution in [-0.2, 0) is 0 Å². The number of hydrogen-bond donors (Lipinski definition) is 0. The van der Waals surface area contributed by atoms with Crippen LogP contribution < -0.4 is 4.74 Å². The number of imidazole rings is 1. The summed E-state index contributed by atoms with van der Waals surface area (Å²) in [5, 5.41) is 0. The lowest BCUT2D eigenvalue weighted by Crippen LogP contribution is -1.95. The summed E-state index contributed by atoms with van der Waals surface area (Å²) >= 11 is 0. The van der Waals surface area contributed by atoms with Crippen molar-refractivity contribution in [1.29, 1.82) is 0 Å². The Balaban J connectivity index is 0.00000176. The molecule has 0 aliphatic rings. The number of halogens is 1. The molecule has 4 heteroatoms. The molecule has 0 atom stereocenters. The lowest BCUT2D eigenvalue weighted by molar-refractivity contribution is 0.309. The van der Waals surface area contributed by atoms with Crippen molar-refractivity contribution in [1.82, 2.24) is 9.38 Å². The van der Waals surface area contributed by atoms with Gasteiger partial charge in [0.05, 0.1) is 12.3 Å². The summed E-state index contributed by atoms with van der Waals surface area (Å²) in [5.74, 6) is 0.923. The van der Waals surface area contributed by atoms with Crippen LogP contribution in [0.3, 0.4) is 0 Å². The molecule has 2 aromatic heterocycles. The van der Waals surface area contributed by atoms with Crippen molar-refractivity contribution in [3.05, 3.63) is 54.4 Å². The fraction of sp³-hybridized carbons (Fsp3) is 0.278. The minimum Gasteiger partial charge on any atom is -0.494 e. The largest absolute Gasteiger partial charge is 0.494 e. The van der Waals surface area contributed by atoms with Gasteiger partial charge in [-0.3, -0.25) is 0 Å². The summed E-state index contributed by atoms with van der Waals surface area (Å²) in [6.45, 7) is 5.03. The van der Waals surface area contributed by atoms with Crippen LogP contribution in [0.1, 0.15) is 25.5 Å². The summed E-state index contributed by atoms with van der Waals surface area (Å²) in [7, 11) is 0. The molecule has 1 aromatic carbocycles. The summed E-state index contributed by atoms with van der Waals surface area (Å²) in [5.41, 5.74) is 4.27. The molecule has 0 bridgehead atoms. The zero-order valence-corrected chi connectivity index (χ0v) is 15.3. The number of pyridine rings is 1. The lowest BCUT2D eigenvalue weighted by atomic mass is 10.1. The topological polar surface area (TPSA) is 26.5 Å². The molecule has 0 radical (unpaired) electrons. The molecule has 3 nitrogen and oxygen atoms in total. The molecule has 0 aliphatic carbocycles. The van der Waals surface area contributed by atoms with Gasteiger partial charge in [0.1, 0.15) is 11.4 Å². The van der Waals surface area contributed by atoms with Crippen molar-refractivity contribution in [2.45, 2.75) is 26.7 Å². The van der Waals surface area contributed by atoms with E-state index in [4.69, 9.17) is 4.74 Å². The van der Waals surface area contributed by atoms with Crippen molar-refractivity contribution >= 4 is 29.6 Å². The zero-order chi connectivity index (χ0) is 14.7. The SMILES string of the molecule is CCCCOc1ccc(-c2cn3c(C)cccc3n2)cc1.I. The van der Waals surface area contributed by atoms with Crippen LogP contribution in [0.4, 0.5) is 0 Å². The third-order valence-corrected chi connectivity index (χ3v) is 3.61. The Hall–Kier alpha value is -1.56. The van der Waals surface area contributed by atoms with E-state index in [0.29, 0.717) is 0 Å². The minimum absolute atomic E-state index is 0. The third kappa shape index (κ3) is 3.61.